The van der Waals surface area contributed by atoms with Crippen LogP contribution in [0.15, 0.2) is 0 Å². The van der Waals surface area contributed by atoms with Crippen molar-refractivity contribution in [3.05, 3.63) is 0 Å². The molecule has 0 fully saturated rings. The zero-order valence-electron chi connectivity index (χ0n) is 32.1. The van der Waals surface area contributed by atoms with Crippen molar-refractivity contribution in [3.63, 3.8) is 0 Å². The molecule has 0 aromatic rings. The Morgan fingerprint density at radius 3 is 1.29 bits per heavy atom. The molecule has 0 bridgehead atoms. The van der Waals surface area contributed by atoms with E-state index < -0.39 is 122 Å². The van der Waals surface area contributed by atoms with Crippen molar-refractivity contribution in [2.75, 3.05) is 25.1 Å². The maximum Gasteiger partial charge on any atom is 0.326 e. The predicted molar refractivity (Wildman–Crippen MR) is 209 cm³/mol. The lowest BCUT2D eigenvalue weighted by molar-refractivity contribution is -0.144. The monoisotopic (exact) mass is 847 g/mol. The Balaban J connectivity index is 6.31. The lowest BCUT2D eigenvalue weighted by Crippen LogP contribution is -2.59. The van der Waals surface area contributed by atoms with Crippen molar-refractivity contribution in [1.29, 1.82) is 10.8 Å². The number of thioether (sulfide) groups is 1. The third kappa shape index (κ3) is 23.9. The summed E-state index contributed by atoms with van der Waals surface area (Å²) in [6, 6.07) is -8.69. The molecule has 20 N–H and O–H groups in total. The minimum Gasteiger partial charge on any atom is -0.481 e. The minimum atomic E-state index is -1.70. The van der Waals surface area contributed by atoms with Gasteiger partial charge in [-0.15, -0.1) is 0 Å². The van der Waals surface area contributed by atoms with Gasteiger partial charge in [0.2, 0.25) is 35.4 Å². The van der Waals surface area contributed by atoms with Crippen molar-refractivity contribution < 1.29 is 58.5 Å². The molecule has 6 amide bonds. The van der Waals surface area contributed by atoms with Crippen LogP contribution in [0.5, 0.6) is 0 Å². The summed E-state index contributed by atoms with van der Waals surface area (Å²) in [4.78, 5) is 113. The molecule has 25 nitrogen and oxygen atoms in total. The molecule has 26 heteroatoms. The summed E-state index contributed by atoms with van der Waals surface area (Å²) in [6.45, 7) is 0.375. The third-order valence-corrected chi connectivity index (χ3v) is 8.70. The van der Waals surface area contributed by atoms with Crippen LogP contribution < -0.4 is 60.2 Å². The largest absolute Gasteiger partial charge is 0.481 e. The Hall–Kier alpha value is -5.92. The van der Waals surface area contributed by atoms with Crippen molar-refractivity contribution in [3.8, 4) is 0 Å². The zero-order chi connectivity index (χ0) is 44.4. The molecular weight excluding hydrogens is 790 g/mol. The number of carbonyl (C=O) groups is 9. The van der Waals surface area contributed by atoms with Gasteiger partial charge in [0.15, 0.2) is 11.9 Å². The molecule has 58 heavy (non-hydrogen) atoms. The van der Waals surface area contributed by atoms with Crippen LogP contribution in [-0.4, -0.2) is 142 Å². The first-order valence-electron chi connectivity index (χ1n) is 18.0. The number of carboxylic acids is 3. The van der Waals surface area contributed by atoms with Gasteiger partial charge in [-0.2, -0.15) is 11.8 Å². The van der Waals surface area contributed by atoms with Gasteiger partial charge in [-0.3, -0.25) is 49.2 Å². The number of aliphatic carboxylic acids is 3. The number of primary amides is 1. The number of hydrogen-bond acceptors (Lipinski definition) is 13. The summed E-state index contributed by atoms with van der Waals surface area (Å²) < 4.78 is 0. The molecular formula is C32H57N13O12S. The molecule has 0 saturated heterocycles. The van der Waals surface area contributed by atoms with Gasteiger partial charge in [-0.05, 0) is 63.4 Å². The van der Waals surface area contributed by atoms with Crippen LogP contribution in [0.2, 0.25) is 0 Å². The molecule has 0 heterocycles. The standard InChI is InChI=1S/C32H57N13O12S/c1-58-15-12-20(29(55)43-19(7-10-23(47)48)28(54)45-21(30(56)57)8-11-24(49)50)44-27(53)18(6-9-22(34)46)42-26(52)17(5-3-14-40-32(37)38)41-25(51)16(33)4-2-13-39-31(35)36/h16-21H,2-15,33H2,1H3,(H2,34,46)(H,41,51)(H,42,52)(H,43,55)(H,44,53)(H,45,54)(H,47,48)(H,49,50)(H,56,57)(H4,35,36,39)(H4,37,38,40)/t16-,17-,18-,19-,20-,21-/m0/s1. The molecule has 0 saturated carbocycles. The molecule has 0 radical (unpaired) electrons. The van der Waals surface area contributed by atoms with E-state index in [1.165, 1.54) is 11.8 Å². The van der Waals surface area contributed by atoms with Gasteiger partial charge in [0, 0.05) is 32.4 Å². The van der Waals surface area contributed by atoms with Gasteiger partial charge in [0.25, 0.3) is 0 Å². The van der Waals surface area contributed by atoms with Gasteiger partial charge in [-0.1, -0.05) is 0 Å². The summed E-state index contributed by atoms with van der Waals surface area (Å²) in [7, 11) is 0. The maximum absolute atomic E-state index is 13.7. The SMILES string of the molecule is CSCC[C@H](NC(=O)[C@H](CCC(N)=O)NC(=O)[C@H](CCCNC(=N)N)NC(=O)[C@@H](N)CCCNC(=N)N)C(=O)N[C@@H](CCC(=O)O)C(=O)N[C@@H](CCC(=O)O)C(=O)O. The second-order valence-corrected chi connectivity index (χ2v) is 13.9. The summed E-state index contributed by atoms with van der Waals surface area (Å²) in [6.07, 6.45) is -0.856. The number of nitrogens with one attached hydrogen (secondary N) is 9. The fourth-order valence-corrected chi connectivity index (χ4v) is 5.44. The highest BCUT2D eigenvalue weighted by atomic mass is 32.2. The van der Waals surface area contributed by atoms with Crippen LogP contribution in [0.3, 0.4) is 0 Å². The second kappa shape index (κ2) is 28.5. The second-order valence-electron chi connectivity index (χ2n) is 12.9. The molecule has 328 valence electrons. The number of carbonyl (C=O) groups excluding carboxylic acids is 6. The lowest BCUT2D eigenvalue weighted by atomic mass is 10.0. The minimum absolute atomic E-state index is 0.0434. The number of amides is 6. The van der Waals surface area contributed by atoms with Crippen molar-refractivity contribution in [1.82, 2.24) is 37.2 Å². The number of guanidine groups is 2. The molecule has 0 unspecified atom stereocenters. The number of carboxylic acid groups (broad SMARTS) is 3. The van der Waals surface area contributed by atoms with E-state index in [0.717, 1.165) is 0 Å². The Bertz CT molecular complexity index is 1470. The van der Waals surface area contributed by atoms with E-state index in [9.17, 15) is 53.4 Å². The quantitative estimate of drug-likeness (QED) is 0.0177. The van der Waals surface area contributed by atoms with Crippen molar-refractivity contribution >= 4 is 77.0 Å². The molecule has 6 atom stereocenters. The first-order chi connectivity index (χ1) is 27.2. The van der Waals surface area contributed by atoms with E-state index >= 15 is 0 Å². The highest BCUT2D eigenvalue weighted by molar-refractivity contribution is 7.98. The molecule has 0 rings (SSSR count). The van der Waals surface area contributed by atoms with E-state index in [4.69, 9.17) is 38.9 Å². The molecule has 0 aromatic carbocycles. The first kappa shape index (κ1) is 52.1. The first-order valence-corrected chi connectivity index (χ1v) is 19.4. The number of hydrogen-bond donors (Lipinski definition) is 16. The smallest absolute Gasteiger partial charge is 0.326 e. The topological polar surface area (TPSA) is 450 Å². The van der Waals surface area contributed by atoms with Crippen LogP contribution in [0, 0.1) is 10.8 Å². The Morgan fingerprint density at radius 2 is 0.897 bits per heavy atom. The Kier molecular flexibility index (Phi) is 25.6. The number of rotatable bonds is 31. The Labute approximate surface area is 338 Å². The maximum atomic E-state index is 13.7. The molecule has 0 aliphatic carbocycles. The summed E-state index contributed by atoms with van der Waals surface area (Å²) in [5.41, 5.74) is 21.9. The summed E-state index contributed by atoms with van der Waals surface area (Å²) >= 11 is 1.27. The van der Waals surface area contributed by atoms with Gasteiger partial charge >= 0.3 is 17.9 Å². The highest BCUT2D eigenvalue weighted by Gasteiger charge is 2.33. The van der Waals surface area contributed by atoms with E-state index in [2.05, 4.69) is 37.2 Å². The van der Waals surface area contributed by atoms with Crippen LogP contribution in [0.4, 0.5) is 0 Å². The normalized spacial score (nSPS) is 13.8. The molecule has 0 aromatic heterocycles. The van der Waals surface area contributed by atoms with Gasteiger partial charge < -0.3 is 75.5 Å². The third-order valence-electron chi connectivity index (χ3n) is 8.06. The van der Waals surface area contributed by atoms with Gasteiger partial charge in [0.1, 0.15) is 30.2 Å². The van der Waals surface area contributed by atoms with Crippen molar-refractivity contribution in [2.45, 2.75) is 107 Å². The van der Waals surface area contributed by atoms with E-state index in [1.807, 2.05) is 0 Å². The summed E-state index contributed by atoms with van der Waals surface area (Å²) in [5.74, 6) is -10.2. The van der Waals surface area contributed by atoms with Gasteiger partial charge in [-0.25, -0.2) is 4.79 Å². The predicted octanol–water partition coefficient (Wildman–Crippen LogP) is -4.90. The summed E-state index contributed by atoms with van der Waals surface area (Å²) in [5, 5.41) is 59.2. The van der Waals surface area contributed by atoms with Gasteiger partial charge in [0.05, 0.1) is 6.04 Å². The van der Waals surface area contributed by atoms with Crippen LogP contribution in [-0.2, 0) is 43.2 Å². The van der Waals surface area contributed by atoms with Crippen LogP contribution in [0.1, 0.15) is 70.6 Å². The highest BCUT2D eigenvalue weighted by Crippen LogP contribution is 2.09. The van der Waals surface area contributed by atoms with Crippen LogP contribution in [0.25, 0.3) is 0 Å². The fraction of sp³-hybridized carbons (Fsp3) is 0.656. The molecule has 0 aliphatic heterocycles. The fourth-order valence-electron chi connectivity index (χ4n) is 4.96. The van der Waals surface area contributed by atoms with Crippen molar-refractivity contribution in [2.24, 2.45) is 22.9 Å². The Morgan fingerprint density at radius 1 is 0.534 bits per heavy atom. The number of nitrogens with two attached hydrogens (primary N) is 4. The van der Waals surface area contributed by atoms with E-state index in [0.29, 0.717) is 6.42 Å². The van der Waals surface area contributed by atoms with E-state index in [-0.39, 0.29) is 62.9 Å². The van der Waals surface area contributed by atoms with E-state index in [1.54, 1.807) is 6.26 Å². The zero-order valence-corrected chi connectivity index (χ0v) is 32.9. The molecule has 0 aliphatic rings. The average molecular weight is 848 g/mol. The molecule has 0 spiro atoms. The van der Waals surface area contributed by atoms with Crippen LogP contribution >= 0.6 is 11.8 Å². The average Bonchev–Trinajstić information content (AvgIpc) is 3.13. The lowest BCUT2D eigenvalue weighted by Gasteiger charge is -2.27.